The molecule has 190 valence electrons. The second-order valence-electron chi connectivity index (χ2n) is 14.8. The number of aliphatic hydroxyl groups excluding tert-OH is 1. The van der Waals surface area contributed by atoms with Crippen molar-refractivity contribution in [3.63, 3.8) is 0 Å². The summed E-state index contributed by atoms with van der Waals surface area (Å²) in [5.74, 6) is 1.47. The van der Waals surface area contributed by atoms with E-state index in [-0.39, 0.29) is 57.6 Å². The van der Waals surface area contributed by atoms with Gasteiger partial charge in [-0.1, -0.05) is 47.1 Å². The predicted molar refractivity (Wildman–Crippen MR) is 132 cm³/mol. The summed E-state index contributed by atoms with van der Waals surface area (Å²) < 4.78 is 12.8. The van der Waals surface area contributed by atoms with Crippen LogP contribution in [-0.2, 0) is 14.3 Å². The number of hydrogen-bond acceptors (Lipinski definition) is 4. The molecule has 5 fully saturated rings. The highest BCUT2D eigenvalue weighted by molar-refractivity contribution is 5.85. The van der Waals surface area contributed by atoms with Crippen molar-refractivity contribution in [2.45, 2.75) is 130 Å². The van der Waals surface area contributed by atoms with Gasteiger partial charge in [-0.3, -0.25) is 4.79 Å². The van der Waals surface area contributed by atoms with Crippen LogP contribution in [0.4, 0.5) is 0 Å². The summed E-state index contributed by atoms with van der Waals surface area (Å²) in [5, 5.41) is 11.9. The van der Waals surface area contributed by atoms with Crippen LogP contribution in [0, 0.1) is 39.4 Å². The lowest BCUT2D eigenvalue weighted by atomic mass is 9.36. The highest BCUT2D eigenvalue weighted by atomic mass is 16.6. The van der Waals surface area contributed by atoms with E-state index < -0.39 is 0 Å². The number of fused-ring (bicyclic) bond motifs is 6. The van der Waals surface area contributed by atoms with Crippen LogP contribution >= 0.6 is 0 Å². The van der Waals surface area contributed by atoms with E-state index in [0.717, 1.165) is 38.5 Å². The quantitative estimate of drug-likeness (QED) is 0.385. The predicted octanol–water partition coefficient (Wildman–Crippen LogP) is 5.86. The molecule has 0 radical (unpaired) electrons. The summed E-state index contributed by atoms with van der Waals surface area (Å²) >= 11 is 0. The molecule has 6 rings (SSSR count). The number of carbonyl (C=O) groups is 1. The molecular formula is C30H46O4. The van der Waals surface area contributed by atoms with Gasteiger partial charge in [-0.25, -0.2) is 0 Å². The van der Waals surface area contributed by atoms with Crippen LogP contribution in [0.1, 0.15) is 100 Å². The van der Waals surface area contributed by atoms with Crippen LogP contribution in [0.3, 0.4) is 0 Å². The second kappa shape index (κ2) is 6.78. The molecule has 34 heavy (non-hydrogen) atoms. The monoisotopic (exact) mass is 470 g/mol. The number of Topliss-reactive ketones (excluding diaryl/α,β-unsaturated/α-hetero) is 1. The molecule has 4 aliphatic carbocycles. The summed E-state index contributed by atoms with van der Waals surface area (Å²) in [7, 11) is 0. The van der Waals surface area contributed by atoms with Gasteiger partial charge in [-0.15, -0.1) is 0 Å². The molecule has 2 saturated heterocycles. The molecule has 10 atom stereocenters. The van der Waals surface area contributed by atoms with Gasteiger partial charge in [-0.05, 0) is 91.9 Å². The molecule has 6 aliphatic rings. The van der Waals surface area contributed by atoms with Crippen LogP contribution < -0.4 is 0 Å². The third kappa shape index (κ3) is 2.74. The Morgan fingerprint density at radius 2 is 1.71 bits per heavy atom. The number of epoxide rings is 1. The topological polar surface area (TPSA) is 59.1 Å². The maximum Gasteiger partial charge on any atom is 0.138 e. The highest BCUT2D eigenvalue weighted by Crippen LogP contribution is 2.74. The third-order valence-electron chi connectivity index (χ3n) is 12.5. The summed E-state index contributed by atoms with van der Waals surface area (Å²) in [6.07, 6.45) is 6.79. The molecule has 4 nitrogen and oxygen atoms in total. The summed E-state index contributed by atoms with van der Waals surface area (Å²) in [6.45, 7) is 18.5. The number of rotatable bonds is 1. The smallest absolute Gasteiger partial charge is 0.138 e. The van der Waals surface area contributed by atoms with Crippen LogP contribution in [0.25, 0.3) is 0 Å². The van der Waals surface area contributed by atoms with Crippen molar-refractivity contribution in [1.82, 2.24) is 0 Å². The van der Waals surface area contributed by atoms with E-state index in [1.165, 1.54) is 11.1 Å². The standard InChI is InChI=1S/C30H46O4/c1-16-13-19(25-27(4,5)34-25)33-20-15-30(8)17(23(16)20)14-18(31)24-28(6)11-10-22(32)26(2,3)21(28)9-12-29(24,30)7/h16,18-21,24-25,31H,9-15H2,1-8H3/t16-,18?,19+,20+,21?,24?,25-,28+,29+,30+/m1/s1. The number of hydrogen-bond donors (Lipinski definition) is 1. The molecular weight excluding hydrogens is 424 g/mol. The zero-order valence-electron chi connectivity index (χ0n) is 22.7. The van der Waals surface area contributed by atoms with E-state index in [2.05, 4.69) is 55.4 Å². The van der Waals surface area contributed by atoms with Gasteiger partial charge >= 0.3 is 0 Å². The largest absolute Gasteiger partial charge is 0.392 e. The van der Waals surface area contributed by atoms with Crippen molar-refractivity contribution >= 4 is 5.78 Å². The summed E-state index contributed by atoms with van der Waals surface area (Å²) in [6, 6.07) is 0. The van der Waals surface area contributed by atoms with Gasteiger partial charge in [0.05, 0.1) is 23.9 Å². The van der Waals surface area contributed by atoms with Gasteiger partial charge in [0.1, 0.15) is 11.9 Å². The Hall–Kier alpha value is -0.710. The summed E-state index contributed by atoms with van der Waals surface area (Å²) in [4.78, 5) is 12.9. The number of aliphatic hydroxyl groups is 1. The molecule has 0 spiro atoms. The SMILES string of the molecule is C[C@@H]1C[C@@H]([C@H]2OC2(C)C)O[C@H]2C[C@@]3(C)C(=C12)CC(O)C1[C@@]2(C)CCC(=O)C(C)(C)C2CC[C@@]13C. The Balaban J connectivity index is 1.38. The van der Waals surface area contributed by atoms with Crippen molar-refractivity contribution in [3.05, 3.63) is 11.1 Å². The molecule has 2 heterocycles. The maximum atomic E-state index is 12.9. The Morgan fingerprint density at radius 1 is 1.03 bits per heavy atom. The minimum Gasteiger partial charge on any atom is -0.392 e. The first kappa shape index (κ1) is 23.7. The molecule has 0 aromatic carbocycles. The number of ketones is 1. The Morgan fingerprint density at radius 3 is 2.35 bits per heavy atom. The van der Waals surface area contributed by atoms with Crippen LogP contribution in [-0.4, -0.2) is 40.9 Å². The van der Waals surface area contributed by atoms with Crippen molar-refractivity contribution in [2.24, 2.45) is 39.4 Å². The molecule has 2 aliphatic heterocycles. The Labute approximate surface area is 206 Å². The fourth-order valence-electron chi connectivity index (χ4n) is 10.6. The minimum absolute atomic E-state index is 0.00230. The van der Waals surface area contributed by atoms with Gasteiger partial charge in [0.2, 0.25) is 0 Å². The molecule has 4 heteroatoms. The van der Waals surface area contributed by atoms with E-state index in [0.29, 0.717) is 24.0 Å². The Kier molecular flexibility index (Phi) is 4.72. The molecule has 1 N–H and O–H groups in total. The Bertz CT molecular complexity index is 963. The van der Waals surface area contributed by atoms with Gasteiger partial charge in [0, 0.05) is 11.8 Å². The van der Waals surface area contributed by atoms with E-state index in [4.69, 9.17) is 9.47 Å². The number of carbonyl (C=O) groups excluding carboxylic acids is 1. The average Bonchev–Trinajstić information content (AvgIpc) is 3.25. The fraction of sp³-hybridized carbons (Fsp3) is 0.900. The van der Waals surface area contributed by atoms with Crippen molar-refractivity contribution in [3.8, 4) is 0 Å². The second-order valence-corrected chi connectivity index (χ2v) is 14.8. The van der Waals surface area contributed by atoms with Crippen molar-refractivity contribution in [2.75, 3.05) is 0 Å². The summed E-state index contributed by atoms with van der Waals surface area (Å²) in [5.41, 5.74) is 2.72. The average molecular weight is 471 g/mol. The van der Waals surface area contributed by atoms with Crippen molar-refractivity contribution < 1.29 is 19.4 Å². The minimum atomic E-state index is -0.341. The van der Waals surface area contributed by atoms with Gasteiger partial charge in [-0.2, -0.15) is 0 Å². The van der Waals surface area contributed by atoms with Crippen LogP contribution in [0.5, 0.6) is 0 Å². The van der Waals surface area contributed by atoms with E-state index in [1.54, 1.807) is 0 Å². The first-order valence-electron chi connectivity index (χ1n) is 13.9. The molecule has 0 bridgehead atoms. The zero-order valence-corrected chi connectivity index (χ0v) is 22.7. The first-order chi connectivity index (χ1) is 15.7. The van der Waals surface area contributed by atoms with E-state index in [9.17, 15) is 9.90 Å². The molecule has 0 aromatic heterocycles. The van der Waals surface area contributed by atoms with Crippen LogP contribution in [0.2, 0.25) is 0 Å². The van der Waals surface area contributed by atoms with Crippen molar-refractivity contribution in [1.29, 1.82) is 0 Å². The lowest BCUT2D eigenvalue weighted by Crippen LogP contribution is -2.65. The van der Waals surface area contributed by atoms with Crippen LogP contribution in [0.15, 0.2) is 11.1 Å². The lowest BCUT2D eigenvalue weighted by molar-refractivity contribution is -0.210. The lowest BCUT2D eigenvalue weighted by Gasteiger charge is -2.68. The maximum absolute atomic E-state index is 12.9. The van der Waals surface area contributed by atoms with Gasteiger partial charge in [0.25, 0.3) is 0 Å². The van der Waals surface area contributed by atoms with E-state index >= 15 is 0 Å². The normalized spacial score (nSPS) is 55.2. The van der Waals surface area contributed by atoms with Gasteiger partial charge < -0.3 is 14.6 Å². The molecule has 0 amide bonds. The number of ether oxygens (including phenoxy) is 2. The third-order valence-corrected chi connectivity index (χ3v) is 12.5. The molecule has 3 saturated carbocycles. The zero-order chi connectivity index (χ0) is 24.6. The van der Waals surface area contributed by atoms with Gasteiger partial charge in [0.15, 0.2) is 0 Å². The fourth-order valence-corrected chi connectivity index (χ4v) is 10.6. The molecule has 3 unspecified atom stereocenters. The van der Waals surface area contributed by atoms with E-state index in [1.807, 2.05) is 0 Å². The first-order valence-corrected chi connectivity index (χ1v) is 13.9. The molecule has 0 aromatic rings. The highest BCUT2D eigenvalue weighted by Gasteiger charge is 2.70.